The van der Waals surface area contributed by atoms with Gasteiger partial charge < -0.3 is 15.2 Å². The van der Waals surface area contributed by atoms with Gasteiger partial charge in [-0.25, -0.2) is 8.78 Å². The van der Waals surface area contributed by atoms with Gasteiger partial charge >= 0.3 is 0 Å². The number of nitrogens with one attached hydrogen (secondary N) is 1. The zero-order valence-electron chi connectivity index (χ0n) is 11.8. The van der Waals surface area contributed by atoms with Crippen molar-refractivity contribution in [3.05, 3.63) is 0 Å². The summed E-state index contributed by atoms with van der Waals surface area (Å²) in [6, 6.07) is 2.29. The Hall–Kier alpha value is -0.770. The maximum absolute atomic E-state index is 13.0. The summed E-state index contributed by atoms with van der Waals surface area (Å²) in [5.74, 6) is -2.58. The maximum atomic E-state index is 13.0. The highest BCUT2D eigenvalue weighted by Gasteiger charge is 2.67. The molecule has 2 rings (SSSR count). The van der Waals surface area contributed by atoms with Crippen LogP contribution in [0.5, 0.6) is 0 Å². The monoisotopic (exact) mass is 288 g/mol. The minimum atomic E-state index is -2.58. The predicted molar refractivity (Wildman–Crippen MR) is 69.3 cm³/mol. The fourth-order valence-electron chi connectivity index (χ4n) is 2.80. The summed E-state index contributed by atoms with van der Waals surface area (Å²) in [5.41, 5.74) is -1.51. The molecule has 2 fully saturated rings. The van der Waals surface area contributed by atoms with Crippen LogP contribution in [0.25, 0.3) is 0 Å². The summed E-state index contributed by atoms with van der Waals surface area (Å²) in [6.45, 7) is 3.06. The topological polar surface area (TPSA) is 65.3 Å². The van der Waals surface area contributed by atoms with Gasteiger partial charge in [-0.3, -0.25) is 0 Å². The number of rotatable bonds is 6. The SMILES string of the molecule is CC1(CNCC(O)CC2(C#N)CCOCC2)CC1(F)F. The van der Waals surface area contributed by atoms with Gasteiger partial charge in [0.1, 0.15) is 0 Å². The summed E-state index contributed by atoms with van der Waals surface area (Å²) >= 11 is 0. The highest BCUT2D eigenvalue weighted by atomic mass is 19.3. The second kappa shape index (κ2) is 5.55. The molecule has 0 bridgehead atoms. The average Bonchev–Trinajstić information content (AvgIpc) is 2.89. The normalized spacial score (nSPS) is 32.4. The van der Waals surface area contributed by atoms with E-state index in [2.05, 4.69) is 11.4 Å². The molecule has 6 heteroatoms. The smallest absolute Gasteiger partial charge is 0.255 e. The molecule has 0 radical (unpaired) electrons. The lowest BCUT2D eigenvalue weighted by atomic mass is 9.77. The molecule has 2 aliphatic rings. The molecule has 0 aromatic carbocycles. The van der Waals surface area contributed by atoms with Crippen molar-refractivity contribution in [2.45, 2.75) is 44.6 Å². The zero-order chi connectivity index (χ0) is 14.9. The molecule has 1 aliphatic heterocycles. The average molecular weight is 288 g/mol. The lowest BCUT2D eigenvalue weighted by Gasteiger charge is -2.32. The Labute approximate surface area is 118 Å². The summed E-state index contributed by atoms with van der Waals surface area (Å²) in [6.07, 6.45) is 0.825. The van der Waals surface area contributed by atoms with Crippen molar-refractivity contribution in [2.24, 2.45) is 10.8 Å². The summed E-state index contributed by atoms with van der Waals surface area (Å²) in [5, 5.41) is 22.2. The van der Waals surface area contributed by atoms with Crippen molar-refractivity contribution < 1.29 is 18.6 Å². The molecule has 2 unspecified atom stereocenters. The van der Waals surface area contributed by atoms with Gasteiger partial charge in [-0.2, -0.15) is 5.26 Å². The molecule has 1 aliphatic carbocycles. The van der Waals surface area contributed by atoms with Crippen LogP contribution < -0.4 is 5.32 Å². The van der Waals surface area contributed by atoms with Crippen LogP contribution in [0, 0.1) is 22.2 Å². The third-order valence-electron chi connectivity index (χ3n) is 4.58. The number of halogens is 2. The molecule has 20 heavy (non-hydrogen) atoms. The largest absolute Gasteiger partial charge is 0.392 e. The summed E-state index contributed by atoms with van der Waals surface area (Å²) < 4.78 is 31.3. The number of nitrogens with zero attached hydrogens (tertiary/aromatic N) is 1. The first-order chi connectivity index (χ1) is 9.33. The minimum Gasteiger partial charge on any atom is -0.392 e. The highest BCUT2D eigenvalue weighted by Crippen LogP contribution is 2.59. The van der Waals surface area contributed by atoms with E-state index in [1.807, 2.05) is 0 Å². The number of nitriles is 1. The summed E-state index contributed by atoms with van der Waals surface area (Å²) in [4.78, 5) is 0. The Morgan fingerprint density at radius 1 is 1.40 bits per heavy atom. The van der Waals surface area contributed by atoms with Gasteiger partial charge in [0.25, 0.3) is 5.92 Å². The number of aliphatic hydroxyl groups is 1. The molecule has 0 spiro atoms. The third-order valence-corrected chi connectivity index (χ3v) is 4.58. The number of hydrogen-bond acceptors (Lipinski definition) is 4. The van der Waals surface area contributed by atoms with Gasteiger partial charge in [0.05, 0.1) is 17.6 Å². The first-order valence-corrected chi connectivity index (χ1v) is 7.08. The van der Waals surface area contributed by atoms with Crippen LogP contribution in [0.3, 0.4) is 0 Å². The fraction of sp³-hybridized carbons (Fsp3) is 0.929. The Balaban J connectivity index is 1.72. The number of hydrogen-bond donors (Lipinski definition) is 2. The Morgan fingerprint density at radius 2 is 2.00 bits per heavy atom. The van der Waals surface area contributed by atoms with Gasteiger partial charge in [-0.15, -0.1) is 0 Å². The van der Waals surface area contributed by atoms with Crippen LogP contribution in [0.1, 0.15) is 32.6 Å². The maximum Gasteiger partial charge on any atom is 0.255 e. The number of alkyl halides is 2. The van der Waals surface area contributed by atoms with Crippen LogP contribution in [0.4, 0.5) is 8.78 Å². The zero-order valence-corrected chi connectivity index (χ0v) is 11.8. The van der Waals surface area contributed by atoms with Gasteiger partial charge in [0.2, 0.25) is 0 Å². The van der Waals surface area contributed by atoms with Crippen molar-refractivity contribution >= 4 is 0 Å². The lowest BCUT2D eigenvalue weighted by Crippen LogP contribution is -2.38. The van der Waals surface area contributed by atoms with E-state index in [-0.39, 0.29) is 19.5 Å². The van der Waals surface area contributed by atoms with Crippen LogP contribution >= 0.6 is 0 Å². The van der Waals surface area contributed by atoms with Crippen molar-refractivity contribution in [1.29, 1.82) is 5.26 Å². The van der Waals surface area contributed by atoms with Crippen LogP contribution in [0.2, 0.25) is 0 Å². The third kappa shape index (κ3) is 3.27. The molecule has 0 aromatic heterocycles. The first kappa shape index (κ1) is 15.6. The van der Waals surface area contributed by atoms with Crippen LogP contribution in [0.15, 0.2) is 0 Å². The van der Waals surface area contributed by atoms with Gasteiger partial charge in [-0.05, 0) is 19.3 Å². The van der Waals surface area contributed by atoms with E-state index < -0.39 is 22.9 Å². The molecule has 1 saturated carbocycles. The van der Waals surface area contributed by atoms with Gasteiger partial charge in [-0.1, -0.05) is 6.92 Å². The van der Waals surface area contributed by atoms with Crippen molar-refractivity contribution in [1.82, 2.24) is 5.32 Å². The second-order valence-electron chi connectivity index (χ2n) is 6.44. The fourth-order valence-corrected chi connectivity index (χ4v) is 2.80. The second-order valence-corrected chi connectivity index (χ2v) is 6.44. The highest BCUT2D eigenvalue weighted by molar-refractivity contribution is 5.08. The minimum absolute atomic E-state index is 0.0947. The Bertz CT molecular complexity index is 391. The Morgan fingerprint density at radius 3 is 2.50 bits per heavy atom. The van der Waals surface area contributed by atoms with Crippen LogP contribution in [-0.2, 0) is 4.74 Å². The quantitative estimate of drug-likeness (QED) is 0.780. The molecule has 0 aromatic rings. The molecule has 2 atom stereocenters. The van der Waals surface area contributed by atoms with E-state index in [0.29, 0.717) is 32.5 Å². The molecule has 4 nitrogen and oxygen atoms in total. The Kier molecular flexibility index (Phi) is 4.33. The molecular weight excluding hydrogens is 266 g/mol. The van der Waals surface area contributed by atoms with Crippen LogP contribution in [-0.4, -0.2) is 43.4 Å². The molecule has 1 saturated heterocycles. The van der Waals surface area contributed by atoms with Crippen molar-refractivity contribution in [3.63, 3.8) is 0 Å². The van der Waals surface area contributed by atoms with Gasteiger partial charge in [0, 0.05) is 38.1 Å². The molecule has 2 N–H and O–H groups in total. The molecule has 0 amide bonds. The number of ether oxygens (including phenoxy) is 1. The van der Waals surface area contributed by atoms with E-state index in [1.54, 1.807) is 6.92 Å². The van der Waals surface area contributed by atoms with E-state index in [4.69, 9.17) is 4.74 Å². The molecule has 1 heterocycles. The van der Waals surface area contributed by atoms with E-state index >= 15 is 0 Å². The van der Waals surface area contributed by atoms with Gasteiger partial charge in [0.15, 0.2) is 0 Å². The lowest BCUT2D eigenvalue weighted by molar-refractivity contribution is 0.0135. The molecular formula is C14H22F2N2O2. The van der Waals surface area contributed by atoms with Crippen molar-refractivity contribution in [3.8, 4) is 6.07 Å². The first-order valence-electron chi connectivity index (χ1n) is 7.08. The molecule has 114 valence electrons. The standard InChI is InChI=1S/C14H22F2N2O2/c1-12(8-14(12,15)16)10-18-7-11(19)6-13(9-17)2-4-20-5-3-13/h11,18-19H,2-8,10H2,1H3. The van der Waals surface area contributed by atoms with E-state index in [9.17, 15) is 19.1 Å². The van der Waals surface area contributed by atoms with E-state index in [0.717, 1.165) is 0 Å². The summed E-state index contributed by atoms with van der Waals surface area (Å²) in [7, 11) is 0. The predicted octanol–water partition coefficient (Wildman–Crippen LogP) is 1.69. The number of aliphatic hydroxyl groups excluding tert-OH is 1. The van der Waals surface area contributed by atoms with Crippen molar-refractivity contribution in [2.75, 3.05) is 26.3 Å². The van der Waals surface area contributed by atoms with E-state index in [1.165, 1.54) is 0 Å².